The van der Waals surface area contributed by atoms with Crippen LogP contribution in [-0.4, -0.2) is 29.6 Å². The Hall–Kier alpha value is -2.85. The van der Waals surface area contributed by atoms with Crippen LogP contribution in [0.1, 0.15) is 25.0 Å². The average molecular weight is 398 g/mol. The molecule has 0 bridgehead atoms. The molecule has 28 heavy (non-hydrogen) atoms. The predicted octanol–water partition coefficient (Wildman–Crippen LogP) is 4.73. The summed E-state index contributed by atoms with van der Waals surface area (Å²) in [6.45, 7) is 6.13. The van der Waals surface area contributed by atoms with Crippen molar-refractivity contribution in [3.8, 4) is 17.6 Å². The van der Waals surface area contributed by atoms with Crippen LogP contribution in [0, 0.1) is 18.3 Å². The number of carbonyl (C=O) groups is 1. The lowest BCUT2D eigenvalue weighted by Crippen LogP contribution is -2.30. The highest BCUT2D eigenvalue weighted by Crippen LogP contribution is 2.42. The van der Waals surface area contributed by atoms with E-state index in [0.29, 0.717) is 11.5 Å². The quantitative estimate of drug-likeness (QED) is 0.537. The molecule has 0 aromatic heterocycles. The number of carbonyl (C=O) groups excluding carboxylic acids is 1. The maximum absolute atomic E-state index is 12.6. The number of hydrogen-bond donors (Lipinski definition) is 0. The first-order valence-corrected chi connectivity index (χ1v) is 9.68. The minimum absolute atomic E-state index is 0.128. The first-order chi connectivity index (χ1) is 13.3. The Morgan fingerprint density at radius 2 is 2.00 bits per heavy atom. The van der Waals surface area contributed by atoms with E-state index < -0.39 is 6.09 Å². The normalized spacial score (nSPS) is 13.8. The molecule has 0 N–H and O–H groups in total. The van der Waals surface area contributed by atoms with Gasteiger partial charge in [-0.3, -0.25) is 4.31 Å². The van der Waals surface area contributed by atoms with E-state index in [2.05, 4.69) is 6.07 Å². The number of anilines is 1. The molecule has 0 saturated heterocycles. The molecule has 0 spiro atoms. The fourth-order valence-corrected chi connectivity index (χ4v) is 3.68. The highest BCUT2D eigenvalue weighted by molar-refractivity contribution is 7.98. The monoisotopic (exact) mass is 397 g/mol. The lowest BCUT2D eigenvalue weighted by molar-refractivity contribution is 0.132. The summed E-state index contributed by atoms with van der Waals surface area (Å²) in [6, 6.07) is 15.4. The van der Waals surface area contributed by atoms with Crippen LogP contribution >= 0.6 is 12.1 Å². The van der Waals surface area contributed by atoms with Crippen molar-refractivity contribution < 1.29 is 14.3 Å². The molecule has 0 fully saturated rings. The topological polar surface area (TPSA) is 65.8 Å². The number of hydrogen-bond acceptors (Lipinski definition) is 6. The largest absolute Gasteiger partial charge is 0.483 e. The Bertz CT molecular complexity index is 906. The third-order valence-corrected chi connectivity index (χ3v) is 5.20. The summed E-state index contributed by atoms with van der Waals surface area (Å²) in [5.74, 6) is 1.02. The van der Waals surface area contributed by atoms with Gasteiger partial charge in [-0.2, -0.15) is 5.26 Å². The third kappa shape index (κ3) is 4.52. The fraction of sp³-hybridized carbons (Fsp3) is 0.333. The summed E-state index contributed by atoms with van der Waals surface area (Å²) in [7, 11) is 1.61. The van der Waals surface area contributed by atoms with E-state index in [1.54, 1.807) is 17.4 Å². The second kappa shape index (κ2) is 8.03. The lowest BCUT2D eigenvalue weighted by Gasteiger charge is -2.25. The number of aryl methyl sites for hydroxylation is 1. The van der Waals surface area contributed by atoms with Crippen LogP contribution < -0.4 is 13.8 Å². The molecular weight excluding hydrogens is 374 g/mol. The molecule has 146 valence electrons. The van der Waals surface area contributed by atoms with E-state index >= 15 is 0 Å². The van der Waals surface area contributed by atoms with Crippen LogP contribution in [0.5, 0.6) is 11.5 Å². The molecule has 0 radical (unpaired) electrons. The van der Waals surface area contributed by atoms with Crippen LogP contribution in [0.4, 0.5) is 10.5 Å². The van der Waals surface area contributed by atoms with Gasteiger partial charge in [0.15, 0.2) is 11.5 Å². The SMILES string of the molecule is Cc1ccc(N(CC#N)SN(C)C(=O)Oc2cccc3c2OC(C)(C)C3)cc1. The van der Waals surface area contributed by atoms with Crippen LogP contribution in [-0.2, 0) is 6.42 Å². The zero-order valence-electron chi connectivity index (χ0n) is 16.4. The van der Waals surface area contributed by atoms with Crippen LogP contribution in [0.25, 0.3) is 0 Å². The Kier molecular flexibility index (Phi) is 5.71. The molecule has 2 aromatic carbocycles. The van der Waals surface area contributed by atoms with Gasteiger partial charge < -0.3 is 9.47 Å². The zero-order chi connectivity index (χ0) is 20.3. The minimum Gasteiger partial charge on any atom is -0.483 e. The second-order valence-corrected chi connectivity index (χ2v) is 8.41. The summed E-state index contributed by atoms with van der Waals surface area (Å²) in [5, 5.41) is 9.14. The Labute approximate surface area is 169 Å². The molecule has 7 heteroatoms. The number of para-hydroxylation sites is 1. The second-order valence-electron chi connectivity index (χ2n) is 7.26. The van der Waals surface area contributed by atoms with Crippen molar-refractivity contribution in [3.63, 3.8) is 0 Å². The highest BCUT2D eigenvalue weighted by atomic mass is 32.2. The maximum Gasteiger partial charge on any atom is 0.426 e. The van der Waals surface area contributed by atoms with Gasteiger partial charge in [0, 0.05) is 24.7 Å². The lowest BCUT2D eigenvalue weighted by atomic mass is 10.0. The number of ether oxygens (including phenoxy) is 2. The first-order valence-electron chi connectivity index (χ1n) is 8.95. The van der Waals surface area contributed by atoms with Crippen molar-refractivity contribution in [2.24, 2.45) is 0 Å². The molecule has 0 saturated carbocycles. The van der Waals surface area contributed by atoms with Gasteiger partial charge >= 0.3 is 6.09 Å². The van der Waals surface area contributed by atoms with Gasteiger partial charge in [0.25, 0.3) is 0 Å². The first kappa shape index (κ1) is 19.9. The van der Waals surface area contributed by atoms with Gasteiger partial charge in [-0.15, -0.1) is 0 Å². The molecule has 6 nitrogen and oxygen atoms in total. The molecular formula is C21H23N3O3S. The number of rotatable bonds is 5. The van der Waals surface area contributed by atoms with Gasteiger partial charge in [-0.05, 0) is 39.0 Å². The van der Waals surface area contributed by atoms with Crippen molar-refractivity contribution in [1.82, 2.24) is 4.31 Å². The minimum atomic E-state index is -0.540. The highest BCUT2D eigenvalue weighted by Gasteiger charge is 2.33. The number of fused-ring (bicyclic) bond motifs is 1. The maximum atomic E-state index is 12.6. The molecule has 0 atom stereocenters. The van der Waals surface area contributed by atoms with Crippen LogP contribution in [0.2, 0.25) is 0 Å². The van der Waals surface area contributed by atoms with E-state index in [-0.39, 0.29) is 12.1 Å². The van der Waals surface area contributed by atoms with Crippen molar-refractivity contribution in [2.45, 2.75) is 32.8 Å². The number of nitriles is 1. The number of amides is 1. The molecule has 1 heterocycles. The third-order valence-electron chi connectivity index (χ3n) is 4.27. The van der Waals surface area contributed by atoms with Gasteiger partial charge in [-0.1, -0.05) is 29.8 Å². The molecule has 1 amide bonds. The van der Waals surface area contributed by atoms with E-state index in [4.69, 9.17) is 14.7 Å². The van der Waals surface area contributed by atoms with E-state index in [9.17, 15) is 4.79 Å². The van der Waals surface area contributed by atoms with Gasteiger partial charge in [0.05, 0.1) is 18.2 Å². The van der Waals surface area contributed by atoms with E-state index in [1.807, 2.05) is 57.2 Å². The molecule has 1 aliphatic heterocycles. The predicted molar refractivity (Wildman–Crippen MR) is 110 cm³/mol. The van der Waals surface area contributed by atoms with Crippen molar-refractivity contribution >= 4 is 23.9 Å². The standard InChI is InChI=1S/C21H23N3O3S/c1-15-8-10-17(11-9-15)24(13-12-22)28-23(4)20(25)26-18-7-5-6-16-14-21(2,3)27-19(16)18/h5-11H,13-14H2,1-4H3. The Morgan fingerprint density at radius 3 is 2.68 bits per heavy atom. The molecule has 0 unspecified atom stereocenters. The average Bonchev–Trinajstić information content (AvgIpc) is 2.97. The van der Waals surface area contributed by atoms with Crippen molar-refractivity contribution in [2.75, 3.05) is 17.9 Å². The summed E-state index contributed by atoms with van der Waals surface area (Å²) in [6.07, 6.45) is 0.226. The van der Waals surface area contributed by atoms with E-state index in [1.165, 1.54) is 4.31 Å². The van der Waals surface area contributed by atoms with Crippen LogP contribution in [0.3, 0.4) is 0 Å². The molecule has 3 rings (SSSR count). The van der Waals surface area contributed by atoms with Crippen molar-refractivity contribution in [1.29, 1.82) is 5.26 Å². The summed E-state index contributed by atoms with van der Waals surface area (Å²) >= 11 is 1.12. The Morgan fingerprint density at radius 1 is 1.29 bits per heavy atom. The van der Waals surface area contributed by atoms with E-state index in [0.717, 1.165) is 35.4 Å². The summed E-state index contributed by atoms with van der Waals surface area (Å²) < 4.78 is 14.6. The van der Waals surface area contributed by atoms with Crippen molar-refractivity contribution in [3.05, 3.63) is 53.6 Å². The smallest absolute Gasteiger partial charge is 0.426 e. The van der Waals surface area contributed by atoms with Gasteiger partial charge in [-0.25, -0.2) is 9.10 Å². The molecule has 1 aliphatic rings. The number of nitrogens with zero attached hydrogens (tertiary/aromatic N) is 3. The molecule has 0 aliphatic carbocycles. The van der Waals surface area contributed by atoms with Crippen LogP contribution in [0.15, 0.2) is 42.5 Å². The fourth-order valence-electron chi connectivity index (χ4n) is 2.95. The Balaban J connectivity index is 1.70. The molecule has 2 aromatic rings. The van der Waals surface area contributed by atoms with Gasteiger partial charge in [0.2, 0.25) is 0 Å². The number of benzene rings is 2. The summed E-state index contributed by atoms with van der Waals surface area (Å²) in [5.41, 5.74) is 2.67. The van der Waals surface area contributed by atoms with Gasteiger partial charge in [0.1, 0.15) is 12.1 Å². The zero-order valence-corrected chi connectivity index (χ0v) is 17.2. The summed E-state index contributed by atoms with van der Waals surface area (Å²) in [4.78, 5) is 12.6.